The molecule has 0 aliphatic heterocycles. The normalized spacial score (nSPS) is 11.6. The van der Waals surface area contributed by atoms with Gasteiger partial charge in [0, 0.05) is 39.5 Å². The van der Waals surface area contributed by atoms with Crippen molar-refractivity contribution < 1.29 is 0 Å². The van der Waals surface area contributed by atoms with Gasteiger partial charge in [-0.3, -0.25) is 19.1 Å². The second-order valence-electron chi connectivity index (χ2n) is 12.1. The van der Waals surface area contributed by atoms with Crippen LogP contribution in [-0.4, -0.2) is 39.0 Å². The maximum absolute atomic E-state index is 5.27. The highest BCUT2D eigenvalue weighted by atomic mass is 15.3. The van der Waals surface area contributed by atoms with Gasteiger partial charge in [0.25, 0.3) is 0 Å². The Morgan fingerprint density at radius 1 is 0.340 bits per heavy atom. The van der Waals surface area contributed by atoms with Gasteiger partial charge < -0.3 is 0 Å². The van der Waals surface area contributed by atoms with E-state index in [0.29, 0.717) is 29.1 Å². The fourth-order valence-corrected chi connectivity index (χ4v) is 6.91. The molecule has 0 N–H and O–H groups in total. The predicted octanol–water partition coefficient (Wildman–Crippen LogP) is 9.25. The maximum Gasteiger partial charge on any atom is 0.240 e. The summed E-state index contributed by atoms with van der Waals surface area (Å²) in [6, 6.07) is 49.1. The van der Waals surface area contributed by atoms with Gasteiger partial charge in [-0.05, 0) is 60.7 Å². The third-order valence-corrected chi connectivity index (χ3v) is 9.11. The lowest BCUT2D eigenvalue weighted by Crippen LogP contribution is -2.10. The molecule has 10 rings (SSSR count). The molecule has 0 aliphatic carbocycles. The second kappa shape index (κ2) is 11.3. The van der Waals surface area contributed by atoms with E-state index >= 15 is 0 Å². The van der Waals surface area contributed by atoms with Crippen LogP contribution in [-0.2, 0) is 0 Å². The smallest absolute Gasteiger partial charge is 0.240 e. The van der Waals surface area contributed by atoms with E-state index in [-0.39, 0.29) is 0 Å². The maximum atomic E-state index is 5.27. The van der Waals surface area contributed by atoms with Gasteiger partial charge in [-0.15, -0.1) is 0 Å². The minimum absolute atomic E-state index is 0.505. The van der Waals surface area contributed by atoms with E-state index in [0.717, 1.165) is 60.6 Å². The van der Waals surface area contributed by atoms with Crippen molar-refractivity contribution in [3.63, 3.8) is 0 Å². The number of nitrogens with zero attached hydrogens (tertiary/aromatic N) is 8. The minimum Gasteiger partial charge on any atom is -0.278 e. The van der Waals surface area contributed by atoms with E-state index in [1.165, 1.54) is 0 Å². The summed E-state index contributed by atoms with van der Waals surface area (Å²) in [7, 11) is 0. The van der Waals surface area contributed by atoms with Crippen LogP contribution in [0, 0.1) is 0 Å². The van der Waals surface area contributed by atoms with Crippen molar-refractivity contribution in [2.24, 2.45) is 0 Å². The van der Waals surface area contributed by atoms with Gasteiger partial charge in [-0.1, -0.05) is 84.9 Å². The Morgan fingerprint density at radius 2 is 0.720 bits per heavy atom. The van der Waals surface area contributed by atoms with Crippen LogP contribution in [0.2, 0.25) is 0 Å². The van der Waals surface area contributed by atoms with E-state index in [1.54, 1.807) is 12.4 Å². The van der Waals surface area contributed by atoms with Crippen molar-refractivity contribution in [3.8, 4) is 46.1 Å². The molecule has 0 saturated heterocycles. The molecular weight excluding hydrogens is 617 g/mol. The summed E-state index contributed by atoms with van der Waals surface area (Å²) in [4.78, 5) is 30.0. The fraction of sp³-hybridized carbons (Fsp3) is 0. The molecule has 4 aromatic carbocycles. The molecule has 0 amide bonds. The summed E-state index contributed by atoms with van der Waals surface area (Å²) < 4.78 is 4.27. The van der Waals surface area contributed by atoms with E-state index in [9.17, 15) is 0 Å². The summed E-state index contributed by atoms with van der Waals surface area (Å²) in [6.07, 6.45) is 3.54. The monoisotopic (exact) mass is 642 g/mol. The molecule has 8 heteroatoms. The van der Waals surface area contributed by atoms with Crippen LogP contribution in [0.4, 0.5) is 0 Å². The molecule has 234 valence electrons. The Labute approximate surface area is 286 Å². The SMILES string of the molecule is c1ccc(-c2cc(-c3nc(-n4c5ccccc5c5ccccc54)nc(-n4c5ccccc5c5ccccc54)n3)cc(-c3ccccn3)n2)nc1. The lowest BCUT2D eigenvalue weighted by atomic mass is 10.1. The molecule has 0 fully saturated rings. The molecule has 6 heterocycles. The third-order valence-electron chi connectivity index (χ3n) is 9.11. The lowest BCUT2D eigenvalue weighted by Gasteiger charge is -2.13. The number of hydrogen-bond donors (Lipinski definition) is 0. The number of benzene rings is 4. The van der Waals surface area contributed by atoms with Gasteiger partial charge in [0.1, 0.15) is 0 Å². The van der Waals surface area contributed by atoms with Crippen molar-refractivity contribution in [2.75, 3.05) is 0 Å². The fourth-order valence-electron chi connectivity index (χ4n) is 6.91. The number of fused-ring (bicyclic) bond motifs is 6. The van der Waals surface area contributed by atoms with E-state index in [4.69, 9.17) is 19.9 Å². The average Bonchev–Trinajstić information content (AvgIpc) is 3.71. The number of rotatable bonds is 5. The van der Waals surface area contributed by atoms with Crippen LogP contribution in [0.1, 0.15) is 0 Å². The summed E-state index contributed by atoms with van der Waals surface area (Å²) >= 11 is 0. The molecule has 0 aliphatic rings. The van der Waals surface area contributed by atoms with Crippen LogP contribution < -0.4 is 0 Å². The van der Waals surface area contributed by atoms with Crippen molar-refractivity contribution in [1.82, 2.24) is 39.0 Å². The topological polar surface area (TPSA) is 87.2 Å². The zero-order chi connectivity index (χ0) is 33.0. The van der Waals surface area contributed by atoms with Gasteiger partial charge in [-0.2, -0.15) is 15.0 Å². The highest BCUT2D eigenvalue weighted by Gasteiger charge is 2.21. The quantitative estimate of drug-likeness (QED) is 0.186. The molecule has 0 radical (unpaired) electrons. The summed E-state index contributed by atoms with van der Waals surface area (Å²) in [6.45, 7) is 0. The van der Waals surface area contributed by atoms with Crippen LogP contribution in [0.5, 0.6) is 0 Å². The first-order valence-electron chi connectivity index (χ1n) is 16.4. The number of para-hydroxylation sites is 4. The van der Waals surface area contributed by atoms with Crippen LogP contribution in [0.25, 0.3) is 89.7 Å². The molecule has 8 nitrogen and oxygen atoms in total. The lowest BCUT2D eigenvalue weighted by molar-refractivity contribution is 0.892. The average molecular weight is 643 g/mol. The highest BCUT2D eigenvalue weighted by Crippen LogP contribution is 2.35. The van der Waals surface area contributed by atoms with E-state index in [2.05, 4.69) is 116 Å². The molecule has 0 unspecified atom stereocenters. The second-order valence-corrected chi connectivity index (χ2v) is 12.1. The van der Waals surface area contributed by atoms with Crippen molar-refractivity contribution in [2.45, 2.75) is 0 Å². The summed E-state index contributed by atoms with van der Waals surface area (Å²) in [5.41, 5.74) is 7.69. The van der Waals surface area contributed by atoms with E-state index < -0.39 is 0 Å². The van der Waals surface area contributed by atoms with Gasteiger partial charge in [0.2, 0.25) is 11.9 Å². The molecule has 10 aromatic rings. The molecule has 0 bridgehead atoms. The highest BCUT2D eigenvalue weighted by molar-refractivity contribution is 6.10. The Hall–Kier alpha value is -7.06. The number of pyridine rings is 3. The first-order valence-corrected chi connectivity index (χ1v) is 16.4. The van der Waals surface area contributed by atoms with E-state index in [1.807, 2.05) is 48.5 Å². The standard InChI is InChI=1S/C42H26N8/c1-5-19-36-28(13-1)29-14-2-6-20-37(29)49(36)41-46-40(47-42(48-41)50-38-21-7-3-15-30(38)31-16-4-8-22-39(31)50)27-25-34(32-17-9-11-23-43-32)45-35(26-27)33-18-10-12-24-44-33/h1-26H. The molecule has 6 aromatic heterocycles. The minimum atomic E-state index is 0.505. The van der Waals surface area contributed by atoms with Gasteiger partial charge >= 0.3 is 0 Å². The molecule has 0 spiro atoms. The van der Waals surface area contributed by atoms with Gasteiger partial charge in [0.15, 0.2) is 5.82 Å². The van der Waals surface area contributed by atoms with Gasteiger partial charge in [0.05, 0.1) is 44.8 Å². The summed E-state index contributed by atoms with van der Waals surface area (Å²) in [5, 5.41) is 4.51. The Kier molecular flexibility index (Phi) is 6.32. The summed E-state index contributed by atoms with van der Waals surface area (Å²) in [5.74, 6) is 1.53. The molecule has 50 heavy (non-hydrogen) atoms. The first-order chi connectivity index (χ1) is 24.8. The predicted molar refractivity (Wildman–Crippen MR) is 198 cm³/mol. The van der Waals surface area contributed by atoms with Crippen LogP contribution >= 0.6 is 0 Å². The van der Waals surface area contributed by atoms with Crippen LogP contribution in [0.15, 0.2) is 158 Å². The van der Waals surface area contributed by atoms with Crippen LogP contribution in [0.3, 0.4) is 0 Å². The van der Waals surface area contributed by atoms with Crippen molar-refractivity contribution >= 4 is 43.6 Å². The Bertz CT molecular complexity index is 2580. The number of aromatic nitrogens is 8. The Balaban J connectivity index is 1.31. The third kappa shape index (κ3) is 4.47. The molecule has 0 atom stereocenters. The zero-order valence-electron chi connectivity index (χ0n) is 26.6. The van der Waals surface area contributed by atoms with Crippen molar-refractivity contribution in [1.29, 1.82) is 0 Å². The zero-order valence-corrected chi connectivity index (χ0v) is 26.6. The van der Waals surface area contributed by atoms with Crippen molar-refractivity contribution in [3.05, 3.63) is 158 Å². The first kappa shape index (κ1) is 28.0. The van der Waals surface area contributed by atoms with Gasteiger partial charge in [-0.25, -0.2) is 4.98 Å². The molecular formula is C42H26N8. The molecule has 0 saturated carbocycles. The largest absolute Gasteiger partial charge is 0.278 e. The Morgan fingerprint density at radius 3 is 1.10 bits per heavy atom. The number of hydrogen-bond acceptors (Lipinski definition) is 6.